The molecule has 3 heterocycles. The largest absolute Gasteiger partial charge is 0.477 e. The summed E-state index contributed by atoms with van der Waals surface area (Å²) in [6, 6.07) is 9.81. The summed E-state index contributed by atoms with van der Waals surface area (Å²) in [6.45, 7) is 5.29. The highest BCUT2D eigenvalue weighted by Crippen LogP contribution is 2.15. The maximum Gasteiger partial charge on any atom is 0.217 e. The molecule has 7 nitrogen and oxygen atoms in total. The second-order valence-corrected chi connectivity index (χ2v) is 6.81. The molecule has 1 aliphatic heterocycles. The number of nitrogens with one attached hydrogen (secondary N) is 1. The number of benzene rings is 1. The highest BCUT2D eigenvalue weighted by atomic mass is 16.5. The summed E-state index contributed by atoms with van der Waals surface area (Å²) in [5.74, 6) is 7.02. The lowest BCUT2D eigenvalue weighted by Crippen LogP contribution is -2.37. The Kier molecular flexibility index (Phi) is 6.25. The van der Waals surface area contributed by atoms with Crippen LogP contribution in [-0.2, 0) is 4.74 Å². The van der Waals surface area contributed by atoms with E-state index in [9.17, 15) is 0 Å². The molecule has 0 unspecified atom stereocenters. The lowest BCUT2D eigenvalue weighted by molar-refractivity contribution is 0.0357. The van der Waals surface area contributed by atoms with Crippen molar-refractivity contribution in [3.63, 3.8) is 0 Å². The quantitative estimate of drug-likeness (QED) is 0.514. The minimum absolute atomic E-state index is 0.634. The van der Waals surface area contributed by atoms with Crippen molar-refractivity contribution in [1.82, 2.24) is 19.5 Å². The van der Waals surface area contributed by atoms with Gasteiger partial charge >= 0.3 is 0 Å². The van der Waals surface area contributed by atoms with Crippen molar-refractivity contribution in [3.8, 4) is 17.7 Å². The van der Waals surface area contributed by atoms with Gasteiger partial charge in [0.2, 0.25) is 5.88 Å². The molecule has 0 aliphatic carbocycles. The molecule has 1 N–H and O–H groups in total. The topological polar surface area (TPSA) is 63.9 Å². The second kappa shape index (κ2) is 9.41. The Morgan fingerprint density at radius 1 is 1.14 bits per heavy atom. The lowest BCUT2D eigenvalue weighted by atomic mass is 10.2. The number of aromatic nitrogens is 3. The Labute approximate surface area is 170 Å². The van der Waals surface area contributed by atoms with Crippen molar-refractivity contribution < 1.29 is 9.47 Å². The zero-order valence-electron chi connectivity index (χ0n) is 16.6. The third kappa shape index (κ3) is 4.86. The van der Waals surface area contributed by atoms with Crippen molar-refractivity contribution in [3.05, 3.63) is 53.9 Å². The van der Waals surface area contributed by atoms with Gasteiger partial charge in [-0.15, -0.1) is 0 Å². The van der Waals surface area contributed by atoms with Crippen molar-refractivity contribution in [2.24, 2.45) is 0 Å². The van der Waals surface area contributed by atoms with Crippen LogP contribution in [-0.4, -0.2) is 66.0 Å². The predicted molar refractivity (Wildman–Crippen MR) is 112 cm³/mol. The van der Waals surface area contributed by atoms with Gasteiger partial charge in [0.15, 0.2) is 5.65 Å². The monoisotopic (exact) mass is 391 g/mol. The highest BCUT2D eigenvalue weighted by molar-refractivity contribution is 5.59. The average molecular weight is 391 g/mol. The molecule has 3 aromatic rings. The molecule has 0 spiro atoms. The summed E-state index contributed by atoms with van der Waals surface area (Å²) in [5, 5.41) is 7.52. The number of ether oxygens (including phenoxy) is 2. The number of morpholine rings is 1. The standard InChI is InChI=1S/C22H25N5O2/c1-23-20-7-4-18(5-8-20)3-6-19-17-25-27-21(9-10-24-22(19)27)29-14-2-11-26-12-15-28-16-13-26/h4-5,7-10,17,23H,2,11-16H2,1H3. The number of hydrogen-bond donors (Lipinski definition) is 1. The summed E-state index contributed by atoms with van der Waals surface area (Å²) in [7, 11) is 1.90. The molecule has 29 heavy (non-hydrogen) atoms. The summed E-state index contributed by atoms with van der Waals surface area (Å²) >= 11 is 0. The smallest absolute Gasteiger partial charge is 0.217 e. The molecule has 1 aliphatic rings. The van der Waals surface area contributed by atoms with Crippen LogP contribution in [0.2, 0.25) is 0 Å². The van der Waals surface area contributed by atoms with Crippen LogP contribution in [0.25, 0.3) is 5.65 Å². The van der Waals surface area contributed by atoms with Gasteiger partial charge in [-0.3, -0.25) is 4.90 Å². The fourth-order valence-corrected chi connectivity index (χ4v) is 3.22. The molecule has 0 bridgehead atoms. The van der Waals surface area contributed by atoms with E-state index in [1.165, 1.54) is 0 Å². The van der Waals surface area contributed by atoms with E-state index in [1.54, 1.807) is 16.9 Å². The van der Waals surface area contributed by atoms with Gasteiger partial charge in [-0.1, -0.05) is 11.8 Å². The van der Waals surface area contributed by atoms with E-state index >= 15 is 0 Å². The molecule has 1 aromatic carbocycles. The second-order valence-electron chi connectivity index (χ2n) is 6.81. The van der Waals surface area contributed by atoms with E-state index in [-0.39, 0.29) is 0 Å². The Morgan fingerprint density at radius 2 is 1.97 bits per heavy atom. The Balaban J connectivity index is 1.40. The van der Waals surface area contributed by atoms with Crippen molar-refractivity contribution in [2.75, 3.05) is 51.8 Å². The first-order valence-corrected chi connectivity index (χ1v) is 9.89. The van der Waals surface area contributed by atoms with Crippen LogP contribution >= 0.6 is 0 Å². The van der Waals surface area contributed by atoms with Gasteiger partial charge in [-0.2, -0.15) is 9.61 Å². The summed E-state index contributed by atoms with van der Waals surface area (Å²) in [6.07, 6.45) is 4.43. The van der Waals surface area contributed by atoms with Crippen LogP contribution in [0.15, 0.2) is 42.7 Å². The summed E-state index contributed by atoms with van der Waals surface area (Å²) in [5.41, 5.74) is 3.49. The first kappa shape index (κ1) is 19.2. The van der Waals surface area contributed by atoms with E-state index in [0.29, 0.717) is 18.1 Å². The molecule has 150 valence electrons. The predicted octanol–water partition coefficient (Wildman–Crippen LogP) is 2.27. The van der Waals surface area contributed by atoms with E-state index in [1.807, 2.05) is 37.4 Å². The van der Waals surface area contributed by atoms with Gasteiger partial charge in [0, 0.05) is 50.2 Å². The van der Waals surface area contributed by atoms with Crippen LogP contribution in [0.1, 0.15) is 17.5 Å². The van der Waals surface area contributed by atoms with Crippen LogP contribution < -0.4 is 10.1 Å². The molecule has 0 amide bonds. The fourth-order valence-electron chi connectivity index (χ4n) is 3.22. The van der Waals surface area contributed by atoms with Crippen molar-refractivity contribution in [1.29, 1.82) is 0 Å². The molecular weight excluding hydrogens is 366 g/mol. The Hall–Kier alpha value is -3.08. The van der Waals surface area contributed by atoms with Gasteiger partial charge in [0.05, 0.1) is 31.6 Å². The van der Waals surface area contributed by atoms with Crippen molar-refractivity contribution >= 4 is 11.3 Å². The van der Waals surface area contributed by atoms with E-state index < -0.39 is 0 Å². The fraction of sp³-hybridized carbons (Fsp3) is 0.364. The Morgan fingerprint density at radius 3 is 2.76 bits per heavy atom. The molecule has 1 saturated heterocycles. The number of fused-ring (bicyclic) bond motifs is 1. The highest BCUT2D eigenvalue weighted by Gasteiger charge is 2.11. The molecule has 2 aromatic heterocycles. The molecular formula is C22H25N5O2. The summed E-state index contributed by atoms with van der Waals surface area (Å²) < 4.78 is 13.0. The van der Waals surface area contributed by atoms with E-state index in [2.05, 4.69) is 32.1 Å². The molecule has 0 radical (unpaired) electrons. The maximum atomic E-state index is 5.96. The van der Waals surface area contributed by atoms with Gasteiger partial charge in [0.1, 0.15) is 0 Å². The van der Waals surface area contributed by atoms with E-state index in [0.717, 1.165) is 56.1 Å². The SMILES string of the molecule is CNc1ccc(C#Cc2cnn3c(OCCCN4CCOCC4)ccnc23)cc1. The van der Waals surface area contributed by atoms with Crippen LogP contribution in [0.5, 0.6) is 5.88 Å². The molecule has 0 saturated carbocycles. The number of anilines is 1. The molecule has 1 fully saturated rings. The van der Waals surface area contributed by atoms with Crippen molar-refractivity contribution in [2.45, 2.75) is 6.42 Å². The van der Waals surface area contributed by atoms with Gasteiger partial charge < -0.3 is 14.8 Å². The first-order chi connectivity index (χ1) is 14.3. The minimum atomic E-state index is 0.634. The number of nitrogens with zero attached hydrogens (tertiary/aromatic N) is 4. The summed E-state index contributed by atoms with van der Waals surface area (Å²) in [4.78, 5) is 6.83. The average Bonchev–Trinajstić information content (AvgIpc) is 3.20. The Bertz CT molecular complexity index is 997. The van der Waals surface area contributed by atoms with Crippen LogP contribution in [0.3, 0.4) is 0 Å². The van der Waals surface area contributed by atoms with Gasteiger partial charge in [-0.05, 0) is 30.7 Å². The zero-order chi connectivity index (χ0) is 19.9. The third-order valence-electron chi connectivity index (χ3n) is 4.85. The molecule has 0 atom stereocenters. The molecule has 4 rings (SSSR count). The normalized spacial score (nSPS) is 14.4. The van der Waals surface area contributed by atoms with Crippen LogP contribution in [0, 0.1) is 11.8 Å². The maximum absolute atomic E-state index is 5.96. The number of hydrogen-bond acceptors (Lipinski definition) is 6. The zero-order valence-corrected chi connectivity index (χ0v) is 16.6. The molecule has 7 heteroatoms. The first-order valence-electron chi connectivity index (χ1n) is 9.89. The van der Waals surface area contributed by atoms with Gasteiger partial charge in [-0.25, -0.2) is 4.98 Å². The lowest BCUT2D eigenvalue weighted by Gasteiger charge is -2.26. The van der Waals surface area contributed by atoms with E-state index in [4.69, 9.17) is 9.47 Å². The van der Waals surface area contributed by atoms with Crippen LogP contribution in [0.4, 0.5) is 5.69 Å². The number of rotatable bonds is 6. The minimum Gasteiger partial charge on any atom is -0.477 e. The third-order valence-corrected chi connectivity index (χ3v) is 4.85. The van der Waals surface area contributed by atoms with Gasteiger partial charge in [0.25, 0.3) is 0 Å².